The summed E-state index contributed by atoms with van der Waals surface area (Å²) in [6.45, 7) is 8.89. The summed E-state index contributed by atoms with van der Waals surface area (Å²) in [6.07, 6.45) is 15.1. The van der Waals surface area contributed by atoms with Crippen molar-refractivity contribution in [3.05, 3.63) is 59.7 Å². The lowest BCUT2D eigenvalue weighted by Gasteiger charge is -2.34. The molecule has 0 unspecified atom stereocenters. The largest absolute Gasteiger partial charge is 0.496 e. The predicted molar refractivity (Wildman–Crippen MR) is 128 cm³/mol. The van der Waals surface area contributed by atoms with Gasteiger partial charge in [0.2, 0.25) is 0 Å². The Morgan fingerprint density at radius 3 is 2.50 bits per heavy atom. The Morgan fingerprint density at radius 1 is 1.20 bits per heavy atom. The van der Waals surface area contributed by atoms with Gasteiger partial charge in [-0.25, -0.2) is 0 Å². The van der Waals surface area contributed by atoms with Crippen molar-refractivity contribution in [2.75, 3.05) is 32.7 Å². The van der Waals surface area contributed by atoms with E-state index in [1.807, 2.05) is 19.1 Å². The molecule has 0 amide bonds. The maximum Gasteiger partial charge on any atom is 0.132 e. The van der Waals surface area contributed by atoms with Crippen molar-refractivity contribution in [2.24, 2.45) is 15.9 Å². The first-order chi connectivity index (χ1) is 14.6. The van der Waals surface area contributed by atoms with Crippen LogP contribution in [0, 0.1) is 12.8 Å². The normalized spacial score (nSPS) is 18.4. The molecule has 1 fully saturated rings. The molecule has 1 heterocycles. The molecule has 5 nitrogen and oxygen atoms in total. The summed E-state index contributed by atoms with van der Waals surface area (Å²) in [5, 5.41) is 3.61. The van der Waals surface area contributed by atoms with Crippen LogP contribution in [-0.2, 0) is 0 Å². The highest BCUT2D eigenvalue weighted by Crippen LogP contribution is 2.29. The number of piperidine rings is 1. The van der Waals surface area contributed by atoms with Gasteiger partial charge in [-0.05, 0) is 44.2 Å². The summed E-state index contributed by atoms with van der Waals surface area (Å²) in [4.78, 5) is 11.2. The number of rotatable bonds is 7. The number of aryl methyl sites for hydroxylation is 1. The van der Waals surface area contributed by atoms with E-state index in [-0.39, 0.29) is 6.00 Å². The van der Waals surface area contributed by atoms with Crippen LogP contribution in [0.1, 0.15) is 24.0 Å². The van der Waals surface area contributed by atoms with E-state index in [9.17, 15) is 0 Å². The number of ether oxygens (including phenoxy) is 1. The number of aliphatic imine (C=N–C) groups is 2. The number of nitrogens with zero attached hydrogens (tertiary/aromatic N) is 3. The van der Waals surface area contributed by atoms with Crippen LogP contribution in [0.3, 0.4) is 0 Å². The molecule has 0 spiro atoms. The number of amidine groups is 1. The van der Waals surface area contributed by atoms with Crippen LogP contribution >= 0.6 is 11.6 Å². The van der Waals surface area contributed by atoms with Crippen molar-refractivity contribution in [3.63, 3.8) is 0 Å². The fourth-order valence-corrected chi connectivity index (χ4v) is 4.08. The molecule has 2 aliphatic rings. The number of alkyl halides is 1. The fourth-order valence-electron chi connectivity index (χ4n) is 3.96. The van der Waals surface area contributed by atoms with Gasteiger partial charge >= 0.3 is 0 Å². The molecule has 30 heavy (non-hydrogen) atoms. The molecule has 0 atom stereocenters. The summed E-state index contributed by atoms with van der Waals surface area (Å²) in [5.41, 5.74) is 2.67. The molecule has 0 radical (unpaired) electrons. The number of hydrogen-bond acceptors (Lipinski definition) is 4. The monoisotopic (exact) mass is 426 g/mol. The summed E-state index contributed by atoms with van der Waals surface area (Å²) < 4.78 is 5.50. The maximum atomic E-state index is 5.98. The topological polar surface area (TPSA) is 49.2 Å². The van der Waals surface area contributed by atoms with Gasteiger partial charge in [-0.3, -0.25) is 9.98 Å². The quantitative estimate of drug-likeness (QED) is 0.299. The molecule has 0 aromatic heterocycles. The second-order valence-electron chi connectivity index (χ2n) is 7.66. The Bertz CT molecular complexity index is 835. The third-order valence-electron chi connectivity index (χ3n) is 5.60. The van der Waals surface area contributed by atoms with Gasteiger partial charge < -0.3 is 15.0 Å². The van der Waals surface area contributed by atoms with Crippen LogP contribution in [0.4, 0.5) is 5.69 Å². The molecule has 1 aliphatic carbocycles. The van der Waals surface area contributed by atoms with Crippen LogP contribution in [0.25, 0.3) is 0 Å². The lowest BCUT2D eigenvalue weighted by atomic mass is 10.0. The second kappa shape index (κ2) is 11.1. The van der Waals surface area contributed by atoms with Crippen molar-refractivity contribution in [3.8, 4) is 5.75 Å². The van der Waals surface area contributed by atoms with Gasteiger partial charge in [0.25, 0.3) is 0 Å². The van der Waals surface area contributed by atoms with Gasteiger partial charge in [0, 0.05) is 37.2 Å². The van der Waals surface area contributed by atoms with E-state index in [1.54, 1.807) is 7.11 Å². The lowest BCUT2D eigenvalue weighted by Crippen LogP contribution is -2.45. The van der Waals surface area contributed by atoms with Crippen LogP contribution in [0.2, 0.25) is 0 Å². The molecule has 1 aromatic carbocycles. The first-order valence-corrected chi connectivity index (χ1v) is 10.9. The van der Waals surface area contributed by atoms with Gasteiger partial charge in [-0.15, -0.1) is 11.6 Å². The van der Waals surface area contributed by atoms with Crippen molar-refractivity contribution in [1.82, 2.24) is 10.2 Å². The van der Waals surface area contributed by atoms with Crippen LogP contribution in [-0.4, -0.2) is 56.2 Å². The number of methoxy groups -OCH3 is 1. The highest BCUT2D eigenvalue weighted by Gasteiger charge is 2.23. The Hall–Kier alpha value is -2.37. The van der Waals surface area contributed by atoms with Crippen LogP contribution < -0.4 is 10.1 Å². The number of benzene rings is 1. The van der Waals surface area contributed by atoms with Crippen molar-refractivity contribution >= 4 is 29.8 Å². The Balaban J connectivity index is 1.65. The van der Waals surface area contributed by atoms with E-state index in [1.165, 1.54) is 0 Å². The third-order valence-corrected chi connectivity index (χ3v) is 5.72. The van der Waals surface area contributed by atoms with E-state index >= 15 is 0 Å². The van der Waals surface area contributed by atoms with Crippen molar-refractivity contribution in [1.29, 1.82) is 0 Å². The zero-order chi connectivity index (χ0) is 21.3. The minimum Gasteiger partial charge on any atom is -0.496 e. The molecular weight excluding hydrogens is 396 g/mol. The maximum absolute atomic E-state index is 5.98. The predicted octanol–water partition coefficient (Wildman–Crippen LogP) is 4.63. The number of hydrogen-bond donors (Lipinski definition) is 1. The lowest BCUT2D eigenvalue weighted by molar-refractivity contribution is 0.198. The molecule has 1 saturated heterocycles. The number of allylic oxidation sites excluding steroid dienone is 4. The molecule has 1 N–H and O–H groups in total. The molecule has 1 aliphatic heterocycles. The standard InChI is InChI=1S/C24H31ClN4O/c1-18-14-22(26-2)21(15-23(18)30-3)24(27-17-25)28-20-10-12-29(13-11-20)16-19-8-6-4-5-7-9-19/h4-9,14-15,19-20H,2,10-13,16-17H2,1,3H3,(H,27,28). The third kappa shape index (κ3) is 5.83. The SMILES string of the molecule is C=Nc1cc(C)c(OC)cc1C(=NCCl)NC1CCN(CC2C=CC=CC=C2)CC1. The first kappa shape index (κ1) is 22.3. The smallest absolute Gasteiger partial charge is 0.132 e. The van der Waals surface area contributed by atoms with Crippen molar-refractivity contribution in [2.45, 2.75) is 25.8 Å². The van der Waals surface area contributed by atoms with Gasteiger partial charge in [-0.1, -0.05) is 36.5 Å². The zero-order valence-corrected chi connectivity index (χ0v) is 18.6. The molecule has 1 aromatic rings. The zero-order valence-electron chi connectivity index (χ0n) is 17.9. The Morgan fingerprint density at radius 2 is 1.90 bits per heavy atom. The van der Waals surface area contributed by atoms with E-state index in [0.29, 0.717) is 12.0 Å². The number of likely N-dealkylation sites (tertiary alicyclic amines) is 1. The summed E-state index contributed by atoms with van der Waals surface area (Å²) in [7, 11) is 1.67. The highest BCUT2D eigenvalue weighted by molar-refractivity contribution is 6.19. The molecule has 3 rings (SSSR count). The average Bonchev–Trinajstić information content (AvgIpc) is 3.03. The van der Waals surface area contributed by atoms with Gasteiger partial charge in [0.05, 0.1) is 12.8 Å². The van der Waals surface area contributed by atoms with Crippen molar-refractivity contribution < 1.29 is 4.74 Å². The van der Waals surface area contributed by atoms with Gasteiger partial charge in [0.15, 0.2) is 0 Å². The molecule has 0 bridgehead atoms. The molecule has 6 heteroatoms. The number of halogens is 1. The second-order valence-corrected chi connectivity index (χ2v) is 7.90. The van der Waals surface area contributed by atoms with E-state index in [0.717, 1.165) is 60.9 Å². The minimum atomic E-state index is 0.183. The fraction of sp³-hybridized carbons (Fsp3) is 0.417. The summed E-state index contributed by atoms with van der Waals surface area (Å²) in [6, 6.07) is 4.46. The van der Waals surface area contributed by atoms with Gasteiger partial charge in [0.1, 0.15) is 17.6 Å². The van der Waals surface area contributed by atoms with E-state index < -0.39 is 0 Å². The molecule has 160 valence electrons. The van der Waals surface area contributed by atoms with E-state index in [4.69, 9.17) is 16.3 Å². The summed E-state index contributed by atoms with van der Waals surface area (Å²) >= 11 is 5.98. The Labute approximate surface area is 184 Å². The van der Waals surface area contributed by atoms with Crippen LogP contribution in [0.15, 0.2) is 58.6 Å². The average molecular weight is 427 g/mol. The minimum absolute atomic E-state index is 0.183. The van der Waals surface area contributed by atoms with E-state index in [2.05, 4.69) is 63.4 Å². The molecular formula is C24H31ClN4O. The molecule has 0 saturated carbocycles. The first-order valence-electron chi connectivity index (χ1n) is 10.4. The summed E-state index contributed by atoms with van der Waals surface area (Å²) in [5.74, 6) is 2.03. The Kier molecular flexibility index (Phi) is 8.29. The van der Waals surface area contributed by atoms with Crippen LogP contribution in [0.5, 0.6) is 5.75 Å². The van der Waals surface area contributed by atoms with Gasteiger partial charge in [-0.2, -0.15) is 0 Å². The number of nitrogens with one attached hydrogen (secondary N) is 1. The highest BCUT2D eigenvalue weighted by atomic mass is 35.5.